The summed E-state index contributed by atoms with van der Waals surface area (Å²) in [5.74, 6) is 1.11. The normalized spacial score (nSPS) is 16.4. The van der Waals surface area contributed by atoms with E-state index in [9.17, 15) is 23.3 Å². The van der Waals surface area contributed by atoms with E-state index in [0.29, 0.717) is 23.7 Å². The molecule has 4 rings (SSSR count). The monoisotopic (exact) mass is 473 g/mol. The van der Waals surface area contributed by atoms with Gasteiger partial charge in [0.05, 0.1) is 17.1 Å². The van der Waals surface area contributed by atoms with Crippen LogP contribution in [0.2, 0.25) is 0 Å². The van der Waals surface area contributed by atoms with Crippen molar-refractivity contribution < 1.29 is 27.6 Å². The lowest BCUT2D eigenvalue weighted by atomic mass is 10.1. The summed E-state index contributed by atoms with van der Waals surface area (Å²) >= 11 is 0. The summed E-state index contributed by atoms with van der Waals surface area (Å²) in [6.45, 7) is 2.95. The van der Waals surface area contributed by atoms with E-state index in [0.717, 1.165) is 11.6 Å². The van der Waals surface area contributed by atoms with E-state index in [-0.39, 0.29) is 43.6 Å². The van der Waals surface area contributed by atoms with E-state index in [4.69, 9.17) is 9.47 Å². The van der Waals surface area contributed by atoms with Crippen molar-refractivity contribution in [3.63, 3.8) is 0 Å². The number of piperazine rings is 1. The number of fused-ring (bicyclic) bond motifs is 1. The minimum absolute atomic E-state index is 0.0410. The molecule has 33 heavy (non-hydrogen) atoms. The van der Waals surface area contributed by atoms with Crippen LogP contribution in [-0.2, 0) is 14.8 Å². The van der Waals surface area contributed by atoms with Crippen molar-refractivity contribution in [1.82, 2.24) is 9.21 Å². The van der Waals surface area contributed by atoms with E-state index < -0.39 is 20.6 Å². The van der Waals surface area contributed by atoms with Gasteiger partial charge < -0.3 is 14.4 Å². The number of sulfonamides is 1. The molecule has 2 aromatic carbocycles. The molecule has 1 fully saturated rings. The predicted molar refractivity (Wildman–Crippen MR) is 120 cm³/mol. The van der Waals surface area contributed by atoms with Crippen molar-refractivity contribution in [2.24, 2.45) is 0 Å². The Bertz CT molecular complexity index is 1220. The first kappa shape index (κ1) is 22.7. The lowest BCUT2D eigenvalue weighted by Gasteiger charge is -2.34. The molecule has 2 aromatic rings. The van der Waals surface area contributed by atoms with Gasteiger partial charge in [-0.1, -0.05) is 12.1 Å². The molecule has 0 aromatic heterocycles. The molecule has 0 N–H and O–H groups in total. The Labute approximate surface area is 191 Å². The van der Waals surface area contributed by atoms with Gasteiger partial charge in [-0.3, -0.25) is 14.9 Å². The third-order valence-electron chi connectivity index (χ3n) is 5.49. The zero-order valence-electron chi connectivity index (χ0n) is 18.0. The Morgan fingerprint density at radius 3 is 2.58 bits per heavy atom. The standard InChI is InChI=1S/C22H23N3O7S/c1-2-31-18-7-8-20-16(14-18)13-17(15-32-20)22(26)23-9-11-24(12-10-23)33(29,30)21-6-4-3-5-19(21)25(27)28/h3-8,13-14H,2,9-12,15H2,1H3. The predicted octanol–water partition coefficient (Wildman–Crippen LogP) is 2.30. The van der Waals surface area contributed by atoms with Gasteiger partial charge in [0.2, 0.25) is 10.0 Å². The van der Waals surface area contributed by atoms with Crippen molar-refractivity contribution in [1.29, 1.82) is 0 Å². The molecule has 2 aliphatic rings. The van der Waals surface area contributed by atoms with Crippen LogP contribution in [0.15, 0.2) is 52.9 Å². The maximum atomic E-state index is 13.0. The van der Waals surface area contributed by atoms with Crippen LogP contribution in [0.5, 0.6) is 11.5 Å². The van der Waals surface area contributed by atoms with Gasteiger partial charge in [0.25, 0.3) is 11.6 Å². The number of hydrogen-bond donors (Lipinski definition) is 0. The Balaban J connectivity index is 1.47. The summed E-state index contributed by atoms with van der Waals surface area (Å²) in [6, 6.07) is 10.7. The van der Waals surface area contributed by atoms with Gasteiger partial charge in [-0.2, -0.15) is 4.31 Å². The van der Waals surface area contributed by atoms with Crippen LogP contribution >= 0.6 is 0 Å². The molecule has 174 valence electrons. The number of amides is 1. The topological polar surface area (TPSA) is 119 Å². The molecule has 0 atom stereocenters. The fraction of sp³-hybridized carbons (Fsp3) is 0.318. The maximum absolute atomic E-state index is 13.0. The number of hydrogen-bond acceptors (Lipinski definition) is 7. The lowest BCUT2D eigenvalue weighted by Crippen LogP contribution is -2.51. The first-order valence-corrected chi connectivity index (χ1v) is 11.9. The third kappa shape index (κ3) is 4.55. The molecule has 10 nitrogen and oxygen atoms in total. The fourth-order valence-electron chi connectivity index (χ4n) is 3.84. The minimum atomic E-state index is -4.06. The molecule has 0 spiro atoms. The summed E-state index contributed by atoms with van der Waals surface area (Å²) < 4.78 is 38.4. The van der Waals surface area contributed by atoms with Crippen LogP contribution in [0.4, 0.5) is 5.69 Å². The molecule has 2 heterocycles. The highest BCUT2D eigenvalue weighted by Gasteiger charge is 2.35. The Hall–Kier alpha value is -3.44. The van der Waals surface area contributed by atoms with Crippen LogP contribution in [0.1, 0.15) is 12.5 Å². The zero-order valence-corrected chi connectivity index (χ0v) is 18.8. The SMILES string of the molecule is CCOc1ccc2c(c1)C=C(C(=O)N1CCN(S(=O)(=O)c3ccccc3[N+](=O)[O-])CC1)CO2. The second kappa shape index (κ2) is 9.20. The zero-order chi connectivity index (χ0) is 23.6. The first-order chi connectivity index (χ1) is 15.8. The average Bonchev–Trinajstić information content (AvgIpc) is 2.83. The third-order valence-corrected chi connectivity index (χ3v) is 7.43. The van der Waals surface area contributed by atoms with Gasteiger partial charge in [0.15, 0.2) is 4.90 Å². The second-order valence-corrected chi connectivity index (χ2v) is 9.42. The molecule has 0 aliphatic carbocycles. The fourth-order valence-corrected chi connectivity index (χ4v) is 5.42. The number of carbonyl (C=O) groups is 1. The molecular weight excluding hydrogens is 450 g/mol. The highest BCUT2D eigenvalue weighted by atomic mass is 32.2. The molecule has 2 aliphatic heterocycles. The van der Waals surface area contributed by atoms with Crippen molar-refractivity contribution in [3.05, 3.63) is 63.7 Å². The second-order valence-electron chi connectivity index (χ2n) is 7.51. The van der Waals surface area contributed by atoms with Crippen molar-refractivity contribution in [3.8, 4) is 11.5 Å². The number of para-hydroxylation sites is 1. The van der Waals surface area contributed by atoms with Gasteiger partial charge in [0, 0.05) is 37.8 Å². The molecule has 0 unspecified atom stereocenters. The molecule has 11 heteroatoms. The van der Waals surface area contributed by atoms with Crippen LogP contribution in [0.3, 0.4) is 0 Å². The van der Waals surface area contributed by atoms with Crippen molar-refractivity contribution in [2.75, 3.05) is 39.4 Å². The largest absolute Gasteiger partial charge is 0.494 e. The van der Waals surface area contributed by atoms with Crippen LogP contribution in [0.25, 0.3) is 6.08 Å². The summed E-state index contributed by atoms with van der Waals surface area (Å²) in [6.07, 6.45) is 1.76. The van der Waals surface area contributed by atoms with E-state index >= 15 is 0 Å². The summed E-state index contributed by atoms with van der Waals surface area (Å²) in [5, 5.41) is 11.3. The molecule has 0 radical (unpaired) electrons. The number of nitro benzene ring substituents is 1. The minimum Gasteiger partial charge on any atom is -0.494 e. The number of nitro groups is 1. The maximum Gasteiger partial charge on any atom is 0.289 e. The van der Waals surface area contributed by atoms with Crippen LogP contribution in [0, 0.1) is 10.1 Å². The molecule has 0 bridgehead atoms. The first-order valence-electron chi connectivity index (χ1n) is 10.4. The highest BCUT2D eigenvalue weighted by Crippen LogP contribution is 2.31. The molecular formula is C22H23N3O7S. The van der Waals surface area contributed by atoms with Gasteiger partial charge in [-0.05, 0) is 37.3 Å². The highest BCUT2D eigenvalue weighted by molar-refractivity contribution is 7.89. The number of ether oxygens (including phenoxy) is 2. The van der Waals surface area contributed by atoms with E-state index in [1.54, 1.807) is 23.1 Å². The number of rotatable bonds is 6. The molecule has 0 saturated carbocycles. The number of carbonyl (C=O) groups excluding carboxylic acids is 1. The quantitative estimate of drug-likeness (QED) is 0.466. The summed E-state index contributed by atoms with van der Waals surface area (Å²) in [7, 11) is -4.06. The smallest absolute Gasteiger partial charge is 0.289 e. The van der Waals surface area contributed by atoms with Gasteiger partial charge in [-0.25, -0.2) is 8.42 Å². The Kier molecular flexibility index (Phi) is 6.34. The van der Waals surface area contributed by atoms with E-state index in [1.165, 1.54) is 22.5 Å². The van der Waals surface area contributed by atoms with E-state index in [2.05, 4.69) is 0 Å². The Morgan fingerprint density at radius 2 is 1.88 bits per heavy atom. The number of benzene rings is 2. The summed E-state index contributed by atoms with van der Waals surface area (Å²) in [5.41, 5.74) is 0.741. The van der Waals surface area contributed by atoms with Crippen LogP contribution in [-0.4, -0.2) is 67.8 Å². The molecule has 1 saturated heterocycles. The summed E-state index contributed by atoms with van der Waals surface area (Å²) in [4.78, 5) is 24.8. The number of nitrogens with zero attached hydrogens (tertiary/aromatic N) is 3. The van der Waals surface area contributed by atoms with E-state index in [1.807, 2.05) is 13.0 Å². The Morgan fingerprint density at radius 1 is 1.15 bits per heavy atom. The van der Waals surface area contributed by atoms with Crippen molar-refractivity contribution in [2.45, 2.75) is 11.8 Å². The molecule has 1 amide bonds. The van der Waals surface area contributed by atoms with Gasteiger partial charge in [-0.15, -0.1) is 0 Å². The van der Waals surface area contributed by atoms with Gasteiger partial charge in [0.1, 0.15) is 18.1 Å². The van der Waals surface area contributed by atoms with Gasteiger partial charge >= 0.3 is 0 Å². The average molecular weight is 474 g/mol. The van der Waals surface area contributed by atoms with Crippen molar-refractivity contribution >= 4 is 27.7 Å². The van der Waals surface area contributed by atoms with Crippen LogP contribution < -0.4 is 9.47 Å². The lowest BCUT2D eigenvalue weighted by molar-refractivity contribution is -0.387.